The minimum absolute atomic E-state index is 0.0293. The van der Waals surface area contributed by atoms with Crippen molar-refractivity contribution in [2.45, 2.75) is 51.7 Å². The maximum atomic E-state index is 13.9. The van der Waals surface area contributed by atoms with Crippen LogP contribution in [0.2, 0.25) is 10.0 Å². The number of hydrogen-bond donors (Lipinski definition) is 1. The van der Waals surface area contributed by atoms with Gasteiger partial charge in [0.2, 0.25) is 21.8 Å². The van der Waals surface area contributed by atoms with Crippen molar-refractivity contribution in [1.82, 2.24) is 10.2 Å². The minimum Gasteiger partial charge on any atom is -0.352 e. The Hall–Kier alpha value is -3.21. The van der Waals surface area contributed by atoms with E-state index in [2.05, 4.69) is 5.32 Å². The molecule has 0 saturated heterocycles. The van der Waals surface area contributed by atoms with Gasteiger partial charge >= 0.3 is 0 Å². The number of hydrogen-bond acceptors (Lipinski definition) is 4. The molecule has 0 radical (unpaired) electrons. The van der Waals surface area contributed by atoms with Gasteiger partial charge in [-0.1, -0.05) is 59.6 Å². The third kappa shape index (κ3) is 9.14. The highest BCUT2D eigenvalue weighted by Crippen LogP contribution is 2.28. The number of anilines is 1. The summed E-state index contributed by atoms with van der Waals surface area (Å²) in [5.41, 5.74) is 1.22. The molecule has 0 unspecified atom stereocenters. The second kappa shape index (κ2) is 14.8. The molecule has 0 spiro atoms. The zero-order valence-electron chi connectivity index (χ0n) is 23.5. The number of benzene rings is 3. The van der Waals surface area contributed by atoms with Crippen LogP contribution in [0, 0.1) is 11.6 Å². The van der Waals surface area contributed by atoms with E-state index in [1.165, 1.54) is 4.90 Å². The van der Waals surface area contributed by atoms with Gasteiger partial charge in [-0.3, -0.25) is 13.9 Å². The van der Waals surface area contributed by atoms with E-state index in [1.54, 1.807) is 18.2 Å². The van der Waals surface area contributed by atoms with Crippen LogP contribution in [0.1, 0.15) is 37.8 Å². The quantitative estimate of drug-likeness (QED) is 0.249. The molecular weight excluding hydrogens is 607 g/mol. The van der Waals surface area contributed by atoms with Crippen LogP contribution in [0.5, 0.6) is 0 Å². The molecule has 3 aromatic rings. The van der Waals surface area contributed by atoms with Crippen molar-refractivity contribution in [2.24, 2.45) is 0 Å². The molecule has 0 aliphatic heterocycles. The van der Waals surface area contributed by atoms with Gasteiger partial charge in [-0.2, -0.15) is 0 Å². The highest BCUT2D eigenvalue weighted by Gasteiger charge is 2.32. The van der Waals surface area contributed by atoms with Crippen LogP contribution in [-0.4, -0.2) is 50.0 Å². The number of carbonyl (C=O) groups is 2. The van der Waals surface area contributed by atoms with Crippen LogP contribution in [0.3, 0.4) is 0 Å². The van der Waals surface area contributed by atoms with E-state index in [1.807, 2.05) is 44.2 Å². The van der Waals surface area contributed by atoms with E-state index in [4.69, 9.17) is 23.2 Å². The average Bonchev–Trinajstić information content (AvgIpc) is 2.91. The van der Waals surface area contributed by atoms with Gasteiger partial charge in [-0.25, -0.2) is 17.2 Å². The smallest absolute Gasteiger partial charge is 0.243 e. The summed E-state index contributed by atoms with van der Waals surface area (Å²) in [4.78, 5) is 28.7. The fourth-order valence-corrected chi connectivity index (χ4v) is 5.91. The highest BCUT2D eigenvalue weighted by molar-refractivity contribution is 7.92. The van der Waals surface area contributed by atoms with Crippen molar-refractivity contribution in [3.05, 3.63) is 99.5 Å². The SMILES string of the molecule is CC(C)NC(=O)[C@H](Cc1ccccc1)N(Cc1c(Cl)cccc1Cl)C(=O)CCCN(c1ccc(F)c(F)c1)S(C)(=O)=O. The van der Waals surface area contributed by atoms with Gasteiger partial charge in [-0.05, 0) is 50.1 Å². The summed E-state index contributed by atoms with van der Waals surface area (Å²) in [5.74, 6) is -3.12. The maximum absolute atomic E-state index is 13.9. The molecule has 2 amide bonds. The average molecular weight is 641 g/mol. The number of amides is 2. The zero-order valence-corrected chi connectivity index (χ0v) is 25.8. The van der Waals surface area contributed by atoms with Crippen LogP contribution >= 0.6 is 23.2 Å². The van der Waals surface area contributed by atoms with Gasteiger partial charge in [0.25, 0.3) is 0 Å². The van der Waals surface area contributed by atoms with Crippen molar-refractivity contribution in [1.29, 1.82) is 0 Å². The van der Waals surface area contributed by atoms with Crippen LogP contribution in [0.25, 0.3) is 0 Å². The molecule has 0 aliphatic carbocycles. The molecule has 0 heterocycles. The molecule has 0 bridgehead atoms. The first kappa shape index (κ1) is 33.3. The van der Waals surface area contributed by atoms with Gasteiger partial charge < -0.3 is 10.2 Å². The van der Waals surface area contributed by atoms with E-state index in [9.17, 15) is 26.8 Å². The van der Waals surface area contributed by atoms with Gasteiger partial charge in [0, 0.05) is 53.6 Å². The standard InChI is InChI=1S/C30H33Cl2F2N3O4S/c1-20(2)35-30(39)28(17-21-9-5-4-6-10-21)36(19-23-24(31)11-7-12-25(23)32)29(38)13-8-16-37(42(3,40)41)22-14-15-26(33)27(34)18-22/h4-7,9-12,14-15,18,20,28H,8,13,16-17,19H2,1-3H3,(H,35,39)/t28-/m0/s1. The Labute approximate surface area is 255 Å². The number of nitrogens with one attached hydrogen (secondary N) is 1. The molecule has 0 aliphatic rings. The highest BCUT2D eigenvalue weighted by atomic mass is 35.5. The molecule has 0 fully saturated rings. The fourth-order valence-electron chi connectivity index (χ4n) is 4.43. The number of carbonyl (C=O) groups excluding carboxylic acids is 2. The van der Waals surface area contributed by atoms with Crippen molar-refractivity contribution in [3.8, 4) is 0 Å². The lowest BCUT2D eigenvalue weighted by atomic mass is 10.0. The molecule has 1 N–H and O–H groups in total. The number of sulfonamides is 1. The Morgan fingerprint density at radius 2 is 1.57 bits per heavy atom. The lowest BCUT2D eigenvalue weighted by Gasteiger charge is -2.33. The van der Waals surface area contributed by atoms with Crippen LogP contribution < -0.4 is 9.62 Å². The van der Waals surface area contributed by atoms with E-state index in [-0.39, 0.29) is 50.0 Å². The number of nitrogens with zero attached hydrogens (tertiary/aromatic N) is 2. The Morgan fingerprint density at radius 1 is 0.929 bits per heavy atom. The van der Waals surface area contributed by atoms with Crippen molar-refractivity contribution >= 4 is 50.7 Å². The molecule has 7 nitrogen and oxygen atoms in total. The molecule has 1 atom stereocenters. The topological polar surface area (TPSA) is 86.8 Å². The Balaban J connectivity index is 1.93. The predicted octanol–water partition coefficient (Wildman–Crippen LogP) is 5.98. The van der Waals surface area contributed by atoms with Gasteiger partial charge in [0.05, 0.1) is 11.9 Å². The van der Waals surface area contributed by atoms with E-state index in [0.717, 1.165) is 34.3 Å². The maximum Gasteiger partial charge on any atom is 0.243 e. The lowest BCUT2D eigenvalue weighted by molar-refractivity contribution is -0.141. The first-order chi connectivity index (χ1) is 19.8. The van der Waals surface area contributed by atoms with Crippen LogP contribution in [0.15, 0.2) is 66.7 Å². The first-order valence-electron chi connectivity index (χ1n) is 13.3. The molecule has 0 saturated carbocycles. The number of rotatable bonds is 13. The molecule has 12 heteroatoms. The summed E-state index contributed by atoms with van der Waals surface area (Å²) in [7, 11) is -3.89. The fraction of sp³-hybridized carbons (Fsp3) is 0.333. The predicted molar refractivity (Wildman–Crippen MR) is 162 cm³/mol. The third-order valence-electron chi connectivity index (χ3n) is 6.44. The van der Waals surface area contributed by atoms with Crippen LogP contribution in [0.4, 0.5) is 14.5 Å². The van der Waals surface area contributed by atoms with Gasteiger partial charge in [-0.15, -0.1) is 0 Å². The summed E-state index contributed by atoms with van der Waals surface area (Å²) in [6.45, 7) is 3.37. The Bertz CT molecular complexity index is 1490. The summed E-state index contributed by atoms with van der Waals surface area (Å²) in [6.07, 6.45) is 1.02. The van der Waals surface area contributed by atoms with Crippen molar-refractivity contribution < 1.29 is 26.8 Å². The van der Waals surface area contributed by atoms with Crippen molar-refractivity contribution in [3.63, 3.8) is 0 Å². The normalized spacial score (nSPS) is 12.2. The Morgan fingerprint density at radius 3 is 2.14 bits per heavy atom. The summed E-state index contributed by atoms with van der Waals surface area (Å²) < 4.78 is 53.2. The molecule has 42 heavy (non-hydrogen) atoms. The largest absolute Gasteiger partial charge is 0.352 e. The summed E-state index contributed by atoms with van der Waals surface area (Å²) in [6, 6.07) is 15.8. The third-order valence-corrected chi connectivity index (χ3v) is 8.34. The van der Waals surface area contributed by atoms with Crippen molar-refractivity contribution in [2.75, 3.05) is 17.1 Å². The second-order valence-electron chi connectivity index (χ2n) is 10.1. The molecule has 0 aromatic heterocycles. The summed E-state index contributed by atoms with van der Waals surface area (Å²) >= 11 is 12.9. The zero-order chi connectivity index (χ0) is 31.0. The van der Waals surface area contributed by atoms with E-state index >= 15 is 0 Å². The van der Waals surface area contributed by atoms with E-state index in [0.29, 0.717) is 15.6 Å². The summed E-state index contributed by atoms with van der Waals surface area (Å²) in [5, 5.41) is 3.53. The van der Waals surface area contributed by atoms with Gasteiger partial charge in [0.1, 0.15) is 6.04 Å². The minimum atomic E-state index is -3.89. The van der Waals surface area contributed by atoms with E-state index < -0.39 is 33.6 Å². The Kier molecular flexibility index (Phi) is 11.7. The second-order valence-corrected chi connectivity index (χ2v) is 12.8. The van der Waals surface area contributed by atoms with Crippen LogP contribution in [-0.2, 0) is 32.6 Å². The first-order valence-corrected chi connectivity index (χ1v) is 15.9. The van der Waals surface area contributed by atoms with Gasteiger partial charge in [0.15, 0.2) is 11.6 Å². The molecule has 3 rings (SSSR count). The molecular formula is C30H33Cl2F2N3O4S. The lowest BCUT2D eigenvalue weighted by Crippen LogP contribution is -2.52. The number of halogens is 4. The molecule has 226 valence electrons. The molecule has 3 aromatic carbocycles. The monoisotopic (exact) mass is 639 g/mol.